The van der Waals surface area contributed by atoms with Crippen LogP contribution in [-0.4, -0.2) is 51.9 Å². The first-order valence-electron chi connectivity index (χ1n) is 7.63. The van der Waals surface area contributed by atoms with Crippen LogP contribution in [0.5, 0.6) is 0 Å². The third kappa shape index (κ3) is 4.73. The van der Waals surface area contributed by atoms with Crippen LogP contribution < -0.4 is 10.0 Å². The van der Waals surface area contributed by atoms with E-state index in [1.165, 1.54) is 18.2 Å². The first-order valence-corrected chi connectivity index (χ1v) is 9.11. The quantitative estimate of drug-likeness (QED) is 0.797. The van der Waals surface area contributed by atoms with Gasteiger partial charge in [0.15, 0.2) is 0 Å². The summed E-state index contributed by atoms with van der Waals surface area (Å²) in [6.07, 6.45) is 1.85. The largest absolute Gasteiger partial charge is 0.343 e. The van der Waals surface area contributed by atoms with Gasteiger partial charge in [-0.05, 0) is 32.0 Å². The summed E-state index contributed by atoms with van der Waals surface area (Å²) in [5.41, 5.74) is 0. The van der Waals surface area contributed by atoms with Crippen molar-refractivity contribution < 1.29 is 17.6 Å². The predicted molar refractivity (Wildman–Crippen MR) is 84.9 cm³/mol. The summed E-state index contributed by atoms with van der Waals surface area (Å²) >= 11 is 0. The van der Waals surface area contributed by atoms with Gasteiger partial charge in [0, 0.05) is 32.1 Å². The molecule has 1 fully saturated rings. The fraction of sp³-hybridized carbons (Fsp3) is 0.533. The summed E-state index contributed by atoms with van der Waals surface area (Å²) in [5.74, 6) is -0.892. The van der Waals surface area contributed by atoms with E-state index in [0.29, 0.717) is 19.1 Å². The van der Waals surface area contributed by atoms with Gasteiger partial charge < -0.3 is 10.2 Å². The number of sulfonamides is 1. The molecule has 0 atom stereocenters. The molecule has 0 radical (unpaired) electrons. The number of nitrogens with zero attached hydrogens (tertiary/aromatic N) is 1. The fourth-order valence-corrected chi connectivity index (χ4v) is 3.72. The Labute approximate surface area is 136 Å². The number of benzene rings is 1. The lowest BCUT2D eigenvalue weighted by atomic mass is 10.1. The van der Waals surface area contributed by atoms with Crippen molar-refractivity contribution in [1.82, 2.24) is 14.9 Å². The maximum Gasteiger partial charge on any atom is 0.243 e. The van der Waals surface area contributed by atoms with E-state index in [2.05, 4.69) is 10.0 Å². The van der Waals surface area contributed by atoms with Gasteiger partial charge in [-0.1, -0.05) is 12.1 Å². The van der Waals surface area contributed by atoms with Crippen LogP contribution in [0.25, 0.3) is 0 Å². The zero-order valence-electron chi connectivity index (χ0n) is 13.1. The molecule has 8 heteroatoms. The van der Waals surface area contributed by atoms with Gasteiger partial charge in [0.25, 0.3) is 0 Å². The molecule has 0 spiro atoms. The molecule has 1 aromatic carbocycles. The number of amides is 1. The van der Waals surface area contributed by atoms with Crippen molar-refractivity contribution in [3.63, 3.8) is 0 Å². The molecule has 1 aliphatic heterocycles. The molecule has 23 heavy (non-hydrogen) atoms. The standard InChI is InChI=1S/C15H22FN3O3S/c1-17-12-7-10-19(11-8-12)15(20)6-9-18-23(21,22)14-5-3-2-4-13(14)16/h2-5,12,17-18H,6-11H2,1H3. The van der Waals surface area contributed by atoms with Gasteiger partial charge in [0.05, 0.1) is 0 Å². The van der Waals surface area contributed by atoms with Gasteiger partial charge in [0.2, 0.25) is 15.9 Å². The summed E-state index contributed by atoms with van der Waals surface area (Å²) < 4.78 is 39.8. The summed E-state index contributed by atoms with van der Waals surface area (Å²) in [4.78, 5) is 13.4. The summed E-state index contributed by atoms with van der Waals surface area (Å²) in [5, 5.41) is 3.18. The lowest BCUT2D eigenvalue weighted by molar-refractivity contribution is -0.132. The van der Waals surface area contributed by atoms with Crippen LogP contribution in [0.2, 0.25) is 0 Å². The number of rotatable bonds is 6. The number of carbonyl (C=O) groups is 1. The molecule has 0 saturated carbocycles. The summed E-state index contributed by atoms with van der Waals surface area (Å²) in [6, 6.07) is 5.59. The zero-order chi connectivity index (χ0) is 16.9. The predicted octanol–water partition coefficient (Wildman–Crippen LogP) is 0.704. The van der Waals surface area contributed by atoms with Crippen molar-refractivity contribution in [3.8, 4) is 0 Å². The molecule has 1 aliphatic rings. The van der Waals surface area contributed by atoms with Gasteiger partial charge in [-0.3, -0.25) is 4.79 Å². The fourth-order valence-electron chi connectivity index (χ4n) is 2.61. The van der Waals surface area contributed by atoms with Crippen LogP contribution >= 0.6 is 0 Å². The van der Waals surface area contributed by atoms with E-state index in [1.807, 2.05) is 7.05 Å². The number of halogens is 1. The molecule has 0 unspecified atom stereocenters. The van der Waals surface area contributed by atoms with Crippen molar-refractivity contribution in [1.29, 1.82) is 0 Å². The average molecular weight is 343 g/mol. The lowest BCUT2D eigenvalue weighted by Gasteiger charge is -2.31. The highest BCUT2D eigenvalue weighted by molar-refractivity contribution is 7.89. The molecule has 2 N–H and O–H groups in total. The number of piperidine rings is 1. The number of nitrogens with one attached hydrogen (secondary N) is 2. The van der Waals surface area contributed by atoms with Crippen molar-refractivity contribution in [2.24, 2.45) is 0 Å². The maximum absolute atomic E-state index is 13.5. The van der Waals surface area contributed by atoms with Crippen LogP contribution in [0.1, 0.15) is 19.3 Å². The molecular weight excluding hydrogens is 321 g/mol. The highest BCUT2D eigenvalue weighted by Crippen LogP contribution is 2.14. The van der Waals surface area contributed by atoms with E-state index in [1.54, 1.807) is 4.90 Å². The van der Waals surface area contributed by atoms with E-state index in [9.17, 15) is 17.6 Å². The minimum atomic E-state index is -3.94. The Kier molecular flexibility index (Phi) is 6.09. The van der Waals surface area contributed by atoms with Crippen LogP contribution in [-0.2, 0) is 14.8 Å². The minimum absolute atomic E-state index is 0.0402. The molecule has 1 amide bonds. The lowest BCUT2D eigenvalue weighted by Crippen LogP contribution is -2.44. The molecule has 0 bridgehead atoms. The van der Waals surface area contributed by atoms with Crippen LogP contribution in [0.15, 0.2) is 29.2 Å². The summed E-state index contributed by atoms with van der Waals surface area (Å²) in [6.45, 7) is 1.30. The maximum atomic E-state index is 13.5. The van der Waals surface area contributed by atoms with Crippen molar-refractivity contribution in [3.05, 3.63) is 30.1 Å². The van der Waals surface area contributed by atoms with E-state index >= 15 is 0 Å². The molecule has 0 aliphatic carbocycles. The van der Waals surface area contributed by atoms with Crippen molar-refractivity contribution >= 4 is 15.9 Å². The molecule has 1 heterocycles. The Bertz CT molecular complexity index is 643. The van der Waals surface area contributed by atoms with Gasteiger partial charge >= 0.3 is 0 Å². The first-order chi connectivity index (χ1) is 10.9. The Morgan fingerprint density at radius 1 is 1.30 bits per heavy atom. The number of hydrogen-bond acceptors (Lipinski definition) is 4. The van der Waals surface area contributed by atoms with Crippen molar-refractivity contribution in [2.75, 3.05) is 26.7 Å². The third-order valence-corrected chi connectivity index (χ3v) is 5.51. The smallest absolute Gasteiger partial charge is 0.243 e. The van der Waals surface area contributed by atoms with E-state index in [4.69, 9.17) is 0 Å². The number of hydrogen-bond donors (Lipinski definition) is 2. The van der Waals surface area contributed by atoms with Crippen molar-refractivity contribution in [2.45, 2.75) is 30.2 Å². The van der Waals surface area contributed by atoms with Gasteiger partial charge in [0.1, 0.15) is 10.7 Å². The summed E-state index contributed by atoms with van der Waals surface area (Å²) in [7, 11) is -2.03. The van der Waals surface area contributed by atoms with Gasteiger partial charge in [-0.2, -0.15) is 0 Å². The second kappa shape index (κ2) is 7.85. The molecule has 1 saturated heterocycles. The second-order valence-electron chi connectivity index (χ2n) is 5.52. The second-order valence-corrected chi connectivity index (χ2v) is 7.26. The van der Waals surface area contributed by atoms with Crippen LogP contribution in [0.4, 0.5) is 4.39 Å². The molecule has 128 valence electrons. The Hall–Kier alpha value is -1.51. The average Bonchev–Trinajstić information content (AvgIpc) is 2.55. The van der Waals surface area contributed by atoms with E-state index in [0.717, 1.165) is 18.9 Å². The number of likely N-dealkylation sites (tertiary alicyclic amines) is 1. The SMILES string of the molecule is CNC1CCN(C(=O)CCNS(=O)(=O)c2ccccc2F)CC1. The molecule has 6 nitrogen and oxygen atoms in total. The van der Waals surface area contributed by atoms with Crippen LogP contribution in [0, 0.1) is 5.82 Å². The molecule has 1 aromatic rings. The highest BCUT2D eigenvalue weighted by atomic mass is 32.2. The molecule has 2 rings (SSSR count). The molecular formula is C15H22FN3O3S. The van der Waals surface area contributed by atoms with E-state index < -0.39 is 20.7 Å². The van der Waals surface area contributed by atoms with Gasteiger partial charge in [-0.25, -0.2) is 17.5 Å². The Morgan fingerprint density at radius 3 is 2.57 bits per heavy atom. The van der Waals surface area contributed by atoms with Crippen LogP contribution in [0.3, 0.4) is 0 Å². The monoisotopic (exact) mass is 343 g/mol. The number of carbonyl (C=O) groups excluding carboxylic acids is 1. The Balaban J connectivity index is 1.83. The zero-order valence-corrected chi connectivity index (χ0v) is 13.9. The highest BCUT2D eigenvalue weighted by Gasteiger charge is 2.23. The minimum Gasteiger partial charge on any atom is -0.343 e. The normalized spacial score (nSPS) is 16.5. The Morgan fingerprint density at radius 2 is 1.96 bits per heavy atom. The van der Waals surface area contributed by atoms with Gasteiger partial charge in [-0.15, -0.1) is 0 Å². The first kappa shape index (κ1) is 17.8. The third-order valence-electron chi connectivity index (χ3n) is 4.01. The van der Waals surface area contributed by atoms with E-state index in [-0.39, 0.29) is 18.9 Å². The topological polar surface area (TPSA) is 78.5 Å². The molecule has 0 aromatic heterocycles.